The Hall–Kier alpha value is -1.39. The van der Waals surface area contributed by atoms with Crippen LogP contribution in [0.3, 0.4) is 0 Å². The molecular formula is C12H17NO3. The first-order valence-electron chi connectivity index (χ1n) is 5.19. The summed E-state index contributed by atoms with van der Waals surface area (Å²) in [5.41, 5.74) is 7.27. The van der Waals surface area contributed by atoms with E-state index in [0.717, 1.165) is 17.5 Å². The molecule has 0 aromatic heterocycles. The van der Waals surface area contributed by atoms with Crippen LogP contribution < -0.4 is 5.73 Å². The third kappa shape index (κ3) is 3.32. The summed E-state index contributed by atoms with van der Waals surface area (Å²) in [6.45, 7) is 0.743. The van der Waals surface area contributed by atoms with Gasteiger partial charge in [0.2, 0.25) is 0 Å². The molecule has 0 spiro atoms. The van der Waals surface area contributed by atoms with Gasteiger partial charge in [0.15, 0.2) is 0 Å². The van der Waals surface area contributed by atoms with Crippen molar-refractivity contribution >= 4 is 5.97 Å². The van der Waals surface area contributed by atoms with E-state index in [1.54, 1.807) is 13.2 Å². The van der Waals surface area contributed by atoms with E-state index in [9.17, 15) is 4.79 Å². The van der Waals surface area contributed by atoms with Gasteiger partial charge in [-0.2, -0.15) is 0 Å². The summed E-state index contributed by atoms with van der Waals surface area (Å²) < 4.78 is 4.98. The topological polar surface area (TPSA) is 72.5 Å². The molecular weight excluding hydrogens is 206 g/mol. The fourth-order valence-corrected chi connectivity index (χ4v) is 1.56. The maximum Gasteiger partial charge on any atom is 0.312 e. The standard InChI is InChI=1S/C12H17NO3/c1-16-6-5-9-3-2-4-10(7-9)11(8-13)12(14)15/h2-4,7,11H,5-6,8,13H2,1H3,(H,14,15). The minimum atomic E-state index is -0.883. The lowest BCUT2D eigenvalue weighted by atomic mass is 9.97. The maximum absolute atomic E-state index is 11.0. The van der Waals surface area contributed by atoms with Gasteiger partial charge >= 0.3 is 5.97 Å². The Morgan fingerprint density at radius 1 is 1.56 bits per heavy atom. The molecule has 88 valence electrons. The maximum atomic E-state index is 11.0. The van der Waals surface area contributed by atoms with Crippen LogP contribution in [-0.2, 0) is 16.0 Å². The Kier molecular flexibility index (Phi) is 4.95. The number of methoxy groups -OCH3 is 1. The highest BCUT2D eigenvalue weighted by molar-refractivity contribution is 5.76. The van der Waals surface area contributed by atoms with Crippen molar-refractivity contribution in [3.8, 4) is 0 Å². The van der Waals surface area contributed by atoms with E-state index in [2.05, 4.69) is 0 Å². The first-order valence-corrected chi connectivity index (χ1v) is 5.19. The summed E-state index contributed by atoms with van der Waals surface area (Å²) in [5.74, 6) is -1.51. The zero-order valence-electron chi connectivity index (χ0n) is 9.35. The molecule has 0 fully saturated rings. The normalized spacial score (nSPS) is 12.4. The zero-order chi connectivity index (χ0) is 12.0. The molecule has 0 heterocycles. The van der Waals surface area contributed by atoms with Crippen LogP contribution in [0, 0.1) is 0 Å². The molecule has 0 radical (unpaired) electrons. The van der Waals surface area contributed by atoms with Crippen molar-refractivity contribution in [3.63, 3.8) is 0 Å². The molecule has 0 amide bonds. The highest BCUT2D eigenvalue weighted by Gasteiger charge is 2.17. The van der Waals surface area contributed by atoms with Gasteiger partial charge in [0.1, 0.15) is 0 Å². The van der Waals surface area contributed by atoms with Crippen molar-refractivity contribution in [1.82, 2.24) is 0 Å². The fraction of sp³-hybridized carbons (Fsp3) is 0.417. The van der Waals surface area contributed by atoms with Crippen LogP contribution in [0.1, 0.15) is 17.0 Å². The number of rotatable bonds is 6. The Bertz CT molecular complexity index is 352. The molecule has 0 saturated heterocycles. The number of ether oxygens (including phenoxy) is 1. The molecule has 0 aliphatic rings. The van der Waals surface area contributed by atoms with E-state index in [0.29, 0.717) is 6.61 Å². The molecule has 0 aliphatic carbocycles. The van der Waals surface area contributed by atoms with Crippen molar-refractivity contribution < 1.29 is 14.6 Å². The molecule has 0 bridgehead atoms. The number of aliphatic carboxylic acids is 1. The summed E-state index contributed by atoms with van der Waals surface area (Å²) in [6.07, 6.45) is 0.779. The summed E-state index contributed by atoms with van der Waals surface area (Å²) >= 11 is 0. The summed E-state index contributed by atoms with van der Waals surface area (Å²) in [7, 11) is 1.64. The van der Waals surface area contributed by atoms with Gasteiger partial charge < -0.3 is 15.6 Å². The summed E-state index contributed by atoms with van der Waals surface area (Å²) in [4.78, 5) is 11.0. The van der Waals surface area contributed by atoms with Gasteiger partial charge in [-0.1, -0.05) is 24.3 Å². The second kappa shape index (κ2) is 6.25. The third-order valence-electron chi connectivity index (χ3n) is 2.48. The molecule has 4 heteroatoms. The smallest absolute Gasteiger partial charge is 0.312 e. The molecule has 3 N–H and O–H groups in total. The molecule has 1 aromatic carbocycles. The van der Waals surface area contributed by atoms with Crippen LogP contribution in [0.4, 0.5) is 0 Å². The van der Waals surface area contributed by atoms with Gasteiger partial charge in [-0.3, -0.25) is 4.79 Å². The lowest BCUT2D eigenvalue weighted by molar-refractivity contribution is -0.138. The van der Waals surface area contributed by atoms with E-state index in [1.165, 1.54) is 0 Å². The summed E-state index contributed by atoms with van der Waals surface area (Å²) in [6, 6.07) is 7.48. The van der Waals surface area contributed by atoms with Gasteiger partial charge in [-0.15, -0.1) is 0 Å². The molecule has 4 nitrogen and oxygen atoms in total. The van der Waals surface area contributed by atoms with Crippen LogP contribution in [0.15, 0.2) is 24.3 Å². The Labute approximate surface area is 95.0 Å². The third-order valence-corrected chi connectivity index (χ3v) is 2.48. The van der Waals surface area contributed by atoms with Crippen LogP contribution >= 0.6 is 0 Å². The number of hydrogen-bond donors (Lipinski definition) is 2. The van der Waals surface area contributed by atoms with Crippen molar-refractivity contribution in [2.24, 2.45) is 5.73 Å². The van der Waals surface area contributed by atoms with Gasteiger partial charge in [0.05, 0.1) is 12.5 Å². The van der Waals surface area contributed by atoms with Crippen LogP contribution in [-0.4, -0.2) is 31.3 Å². The van der Waals surface area contributed by atoms with Crippen LogP contribution in [0.5, 0.6) is 0 Å². The van der Waals surface area contributed by atoms with E-state index in [-0.39, 0.29) is 6.54 Å². The fourth-order valence-electron chi connectivity index (χ4n) is 1.56. The van der Waals surface area contributed by atoms with Crippen molar-refractivity contribution in [2.45, 2.75) is 12.3 Å². The molecule has 0 saturated carbocycles. The Morgan fingerprint density at radius 3 is 2.88 bits per heavy atom. The quantitative estimate of drug-likeness (QED) is 0.754. The van der Waals surface area contributed by atoms with E-state index in [4.69, 9.17) is 15.6 Å². The second-order valence-corrected chi connectivity index (χ2v) is 3.61. The minimum absolute atomic E-state index is 0.114. The van der Waals surface area contributed by atoms with E-state index < -0.39 is 11.9 Å². The van der Waals surface area contributed by atoms with Crippen molar-refractivity contribution in [2.75, 3.05) is 20.3 Å². The van der Waals surface area contributed by atoms with Crippen LogP contribution in [0.25, 0.3) is 0 Å². The second-order valence-electron chi connectivity index (χ2n) is 3.61. The number of hydrogen-bond acceptors (Lipinski definition) is 3. The highest BCUT2D eigenvalue weighted by Crippen LogP contribution is 2.16. The first-order chi connectivity index (χ1) is 7.69. The Morgan fingerprint density at radius 2 is 2.31 bits per heavy atom. The highest BCUT2D eigenvalue weighted by atomic mass is 16.5. The lowest BCUT2D eigenvalue weighted by Crippen LogP contribution is -2.21. The number of carboxylic acids is 1. The number of nitrogens with two attached hydrogens (primary N) is 1. The molecule has 0 aliphatic heterocycles. The van der Waals surface area contributed by atoms with Gasteiger partial charge in [0.25, 0.3) is 0 Å². The van der Waals surface area contributed by atoms with Gasteiger partial charge in [-0.05, 0) is 17.5 Å². The molecule has 1 rings (SSSR count). The summed E-state index contributed by atoms with van der Waals surface area (Å²) in [5, 5.41) is 8.99. The predicted molar refractivity (Wildman–Crippen MR) is 61.5 cm³/mol. The predicted octanol–water partition coefficient (Wildman–Crippen LogP) is 1.00. The lowest BCUT2D eigenvalue weighted by Gasteiger charge is -2.11. The molecule has 16 heavy (non-hydrogen) atoms. The van der Waals surface area contributed by atoms with E-state index >= 15 is 0 Å². The largest absolute Gasteiger partial charge is 0.481 e. The number of benzene rings is 1. The number of carbonyl (C=O) groups is 1. The Balaban J connectivity index is 2.83. The average molecular weight is 223 g/mol. The minimum Gasteiger partial charge on any atom is -0.481 e. The van der Waals surface area contributed by atoms with Gasteiger partial charge in [-0.25, -0.2) is 0 Å². The monoisotopic (exact) mass is 223 g/mol. The van der Waals surface area contributed by atoms with Crippen LogP contribution in [0.2, 0.25) is 0 Å². The van der Waals surface area contributed by atoms with Gasteiger partial charge in [0, 0.05) is 13.7 Å². The molecule has 1 aromatic rings. The average Bonchev–Trinajstić information content (AvgIpc) is 2.27. The number of carboxylic acid groups (broad SMARTS) is 1. The van der Waals surface area contributed by atoms with Crippen molar-refractivity contribution in [1.29, 1.82) is 0 Å². The molecule has 1 unspecified atom stereocenters. The zero-order valence-corrected chi connectivity index (χ0v) is 9.35. The van der Waals surface area contributed by atoms with E-state index in [1.807, 2.05) is 18.2 Å². The SMILES string of the molecule is COCCc1cccc(C(CN)C(=O)O)c1. The molecule has 1 atom stereocenters. The first kappa shape index (κ1) is 12.7. The van der Waals surface area contributed by atoms with Crippen molar-refractivity contribution in [3.05, 3.63) is 35.4 Å².